The monoisotopic (exact) mass is 439 g/mol. The summed E-state index contributed by atoms with van der Waals surface area (Å²) in [4.78, 5) is 37.2. The first-order valence-corrected chi connectivity index (χ1v) is 10.8. The SMILES string of the molecule is CCOC(=O)c1cc2cc(NC(=O)CCC(=O)c3ccc4c(c3)OCCO4)ccc2s1. The van der Waals surface area contributed by atoms with Crippen molar-refractivity contribution >= 4 is 44.8 Å². The third-order valence-corrected chi connectivity index (χ3v) is 5.82. The van der Waals surface area contributed by atoms with Gasteiger partial charge in [0.25, 0.3) is 0 Å². The topological polar surface area (TPSA) is 90.9 Å². The van der Waals surface area contributed by atoms with Crippen LogP contribution in [-0.2, 0) is 9.53 Å². The number of esters is 1. The number of hydrogen-bond donors (Lipinski definition) is 1. The molecule has 0 saturated carbocycles. The van der Waals surface area contributed by atoms with Gasteiger partial charge in [-0.25, -0.2) is 4.79 Å². The smallest absolute Gasteiger partial charge is 0.348 e. The predicted octanol–water partition coefficient (Wildman–Crippen LogP) is 4.45. The average Bonchev–Trinajstić information content (AvgIpc) is 3.21. The summed E-state index contributed by atoms with van der Waals surface area (Å²) < 4.78 is 16.9. The van der Waals surface area contributed by atoms with E-state index in [0.29, 0.717) is 47.4 Å². The van der Waals surface area contributed by atoms with Crippen molar-refractivity contribution in [1.82, 2.24) is 0 Å². The number of nitrogens with one attached hydrogen (secondary N) is 1. The Hall–Kier alpha value is -3.39. The summed E-state index contributed by atoms with van der Waals surface area (Å²) in [6.07, 6.45) is 0.141. The predicted molar refractivity (Wildman–Crippen MR) is 117 cm³/mol. The second kappa shape index (κ2) is 9.18. The van der Waals surface area contributed by atoms with Crippen LogP contribution in [0, 0.1) is 0 Å². The molecule has 0 saturated heterocycles. The molecule has 0 atom stereocenters. The van der Waals surface area contributed by atoms with Crippen LogP contribution < -0.4 is 14.8 Å². The highest BCUT2D eigenvalue weighted by molar-refractivity contribution is 7.20. The van der Waals surface area contributed by atoms with Crippen LogP contribution in [0.4, 0.5) is 5.69 Å². The largest absolute Gasteiger partial charge is 0.486 e. The van der Waals surface area contributed by atoms with E-state index in [2.05, 4.69) is 5.32 Å². The second-order valence-corrected chi connectivity index (χ2v) is 8.00. The maximum absolute atomic E-state index is 12.5. The summed E-state index contributed by atoms with van der Waals surface area (Å²) in [5.74, 6) is 0.417. The number of ether oxygens (including phenoxy) is 3. The number of thiophene rings is 1. The number of fused-ring (bicyclic) bond motifs is 2. The van der Waals surface area contributed by atoms with Crippen molar-refractivity contribution in [3.8, 4) is 11.5 Å². The van der Waals surface area contributed by atoms with Crippen molar-refractivity contribution in [2.24, 2.45) is 0 Å². The molecule has 4 rings (SSSR count). The molecule has 0 aliphatic carbocycles. The van der Waals surface area contributed by atoms with Gasteiger partial charge in [0.05, 0.1) is 6.61 Å². The Labute approximate surface area is 182 Å². The lowest BCUT2D eigenvalue weighted by molar-refractivity contribution is -0.116. The molecule has 3 aromatic rings. The fourth-order valence-electron chi connectivity index (χ4n) is 3.24. The first kappa shape index (κ1) is 20.9. The van der Waals surface area contributed by atoms with Crippen molar-refractivity contribution in [2.75, 3.05) is 25.1 Å². The molecule has 0 radical (unpaired) electrons. The molecular weight excluding hydrogens is 418 g/mol. The standard InChI is InChI=1S/C23H21NO6S/c1-2-28-23(27)21-13-15-11-16(4-7-20(15)31-21)24-22(26)8-5-17(25)14-3-6-18-19(12-14)30-10-9-29-18/h3-4,6-7,11-13H,2,5,8-10H2,1H3,(H,24,26). The molecule has 7 nitrogen and oxygen atoms in total. The zero-order valence-electron chi connectivity index (χ0n) is 16.9. The Morgan fingerprint density at radius 1 is 1.00 bits per heavy atom. The fourth-order valence-corrected chi connectivity index (χ4v) is 4.17. The van der Waals surface area contributed by atoms with Crippen molar-refractivity contribution in [2.45, 2.75) is 19.8 Å². The summed E-state index contributed by atoms with van der Waals surface area (Å²) in [7, 11) is 0. The molecule has 0 unspecified atom stereocenters. The van der Waals surface area contributed by atoms with Crippen LogP contribution in [0.3, 0.4) is 0 Å². The van der Waals surface area contributed by atoms with E-state index in [1.807, 2.05) is 6.07 Å². The number of Topliss-reactive ketones (excluding diaryl/α,β-unsaturated/α-hetero) is 1. The normalized spacial score (nSPS) is 12.4. The molecule has 2 heterocycles. The number of benzene rings is 2. The molecule has 1 amide bonds. The van der Waals surface area contributed by atoms with Crippen LogP contribution >= 0.6 is 11.3 Å². The first-order valence-electron chi connectivity index (χ1n) is 9.97. The summed E-state index contributed by atoms with van der Waals surface area (Å²) in [5, 5.41) is 3.65. The van der Waals surface area contributed by atoms with E-state index in [1.54, 1.807) is 43.3 Å². The highest BCUT2D eigenvalue weighted by Gasteiger charge is 2.16. The molecule has 0 fully saturated rings. The van der Waals surface area contributed by atoms with E-state index in [-0.39, 0.29) is 30.5 Å². The fraction of sp³-hybridized carbons (Fsp3) is 0.261. The lowest BCUT2D eigenvalue weighted by Crippen LogP contribution is -2.16. The number of carbonyl (C=O) groups is 3. The van der Waals surface area contributed by atoms with Crippen LogP contribution in [0.25, 0.3) is 10.1 Å². The zero-order chi connectivity index (χ0) is 21.8. The van der Waals surface area contributed by atoms with E-state index in [4.69, 9.17) is 14.2 Å². The number of carbonyl (C=O) groups excluding carboxylic acids is 3. The van der Waals surface area contributed by atoms with E-state index >= 15 is 0 Å². The minimum atomic E-state index is -0.355. The summed E-state index contributed by atoms with van der Waals surface area (Å²) in [6.45, 7) is 3.02. The van der Waals surface area contributed by atoms with E-state index < -0.39 is 0 Å². The van der Waals surface area contributed by atoms with Gasteiger partial charge >= 0.3 is 5.97 Å². The van der Waals surface area contributed by atoms with Gasteiger partial charge in [-0.15, -0.1) is 11.3 Å². The molecule has 0 bridgehead atoms. The highest BCUT2D eigenvalue weighted by atomic mass is 32.1. The van der Waals surface area contributed by atoms with E-state index in [9.17, 15) is 14.4 Å². The average molecular weight is 439 g/mol. The van der Waals surface area contributed by atoms with Gasteiger partial charge in [0.15, 0.2) is 17.3 Å². The lowest BCUT2D eigenvalue weighted by atomic mass is 10.1. The van der Waals surface area contributed by atoms with Crippen LogP contribution in [0.5, 0.6) is 11.5 Å². The van der Waals surface area contributed by atoms with Crippen molar-refractivity contribution < 1.29 is 28.6 Å². The number of anilines is 1. The van der Waals surface area contributed by atoms with Gasteiger partial charge in [-0.1, -0.05) is 0 Å². The molecule has 31 heavy (non-hydrogen) atoms. The summed E-state index contributed by atoms with van der Waals surface area (Å²) >= 11 is 1.34. The van der Waals surface area contributed by atoms with Crippen molar-refractivity contribution in [1.29, 1.82) is 0 Å². The van der Waals surface area contributed by atoms with Gasteiger partial charge in [0.1, 0.15) is 18.1 Å². The van der Waals surface area contributed by atoms with E-state index in [1.165, 1.54) is 11.3 Å². The van der Waals surface area contributed by atoms with Gasteiger partial charge in [-0.05, 0) is 54.8 Å². The third kappa shape index (κ3) is 4.86. The molecule has 1 aliphatic heterocycles. The number of ketones is 1. The maximum atomic E-state index is 12.5. The van der Waals surface area contributed by atoms with Crippen LogP contribution in [-0.4, -0.2) is 37.5 Å². The summed E-state index contributed by atoms with van der Waals surface area (Å²) in [5.41, 5.74) is 1.10. The van der Waals surface area contributed by atoms with Crippen LogP contribution in [0.15, 0.2) is 42.5 Å². The Kier molecular flexibility index (Phi) is 6.18. The van der Waals surface area contributed by atoms with Gasteiger partial charge in [0, 0.05) is 28.8 Å². The van der Waals surface area contributed by atoms with Crippen LogP contribution in [0.1, 0.15) is 39.8 Å². The molecular formula is C23H21NO6S. The quantitative estimate of drug-likeness (QED) is 0.432. The molecule has 8 heteroatoms. The lowest BCUT2D eigenvalue weighted by Gasteiger charge is -2.18. The van der Waals surface area contributed by atoms with Crippen LogP contribution in [0.2, 0.25) is 0 Å². The number of hydrogen-bond acceptors (Lipinski definition) is 7. The minimum absolute atomic E-state index is 0.0586. The molecule has 1 aliphatic rings. The molecule has 2 aromatic carbocycles. The van der Waals surface area contributed by atoms with Crippen molar-refractivity contribution in [3.63, 3.8) is 0 Å². The van der Waals surface area contributed by atoms with E-state index in [0.717, 1.165) is 10.1 Å². The minimum Gasteiger partial charge on any atom is -0.486 e. The van der Waals surface area contributed by atoms with Gasteiger partial charge < -0.3 is 19.5 Å². The molecule has 1 N–H and O–H groups in total. The second-order valence-electron chi connectivity index (χ2n) is 6.91. The maximum Gasteiger partial charge on any atom is 0.348 e. The third-order valence-electron chi connectivity index (χ3n) is 4.72. The Morgan fingerprint density at radius 2 is 1.81 bits per heavy atom. The van der Waals surface area contributed by atoms with Crippen molar-refractivity contribution in [3.05, 3.63) is 52.9 Å². The summed E-state index contributed by atoms with van der Waals surface area (Å²) in [6, 6.07) is 12.2. The molecule has 0 spiro atoms. The zero-order valence-corrected chi connectivity index (χ0v) is 17.8. The number of rotatable bonds is 7. The van der Waals surface area contributed by atoms with Gasteiger partial charge in [-0.3, -0.25) is 9.59 Å². The van der Waals surface area contributed by atoms with Gasteiger partial charge in [-0.2, -0.15) is 0 Å². The number of amides is 1. The molecule has 160 valence electrons. The van der Waals surface area contributed by atoms with Gasteiger partial charge in [0.2, 0.25) is 5.91 Å². The molecule has 1 aromatic heterocycles. The highest BCUT2D eigenvalue weighted by Crippen LogP contribution is 2.31. The Bertz CT molecular complexity index is 1150. The Balaban J connectivity index is 1.35. The Morgan fingerprint density at radius 3 is 2.61 bits per heavy atom. The first-order chi connectivity index (χ1) is 15.0.